The van der Waals surface area contributed by atoms with Gasteiger partial charge in [0.05, 0.1) is 6.61 Å². The maximum atomic E-state index is 5.71. The third-order valence-corrected chi connectivity index (χ3v) is 5.20. The molecule has 3 aromatic carbocycles. The van der Waals surface area contributed by atoms with Crippen LogP contribution in [0.5, 0.6) is 5.75 Å². The second-order valence-corrected chi connectivity index (χ2v) is 7.68. The molecular weight excluding hydrogens is 352 g/mol. The molecule has 0 aliphatic carbocycles. The van der Waals surface area contributed by atoms with Crippen molar-refractivity contribution in [3.63, 3.8) is 0 Å². The largest absolute Gasteiger partial charge is 0.494 e. The van der Waals surface area contributed by atoms with E-state index >= 15 is 0 Å². The molecule has 0 aromatic heterocycles. The number of fused-ring (bicyclic) bond motifs is 1. The van der Waals surface area contributed by atoms with Crippen LogP contribution in [0, 0.1) is 11.8 Å². The minimum absolute atomic E-state index is 0.777. The number of unbranched alkanes of at least 4 members (excludes halogenated alkanes) is 4. The standard InChI is InChI=1S/C28H32O/c1-3-5-7-8-9-24-12-16-27-22-25(13-17-26(27)21-24)11-10-23-14-18-28(19-15-23)29-20-6-4-2/h12-19,21-22H,3-9,20H2,1-2H3. The molecular formula is C28H32O. The number of ether oxygens (including phenoxy) is 1. The van der Waals surface area contributed by atoms with E-state index in [1.165, 1.54) is 48.4 Å². The molecule has 0 spiro atoms. The average Bonchev–Trinajstić information content (AvgIpc) is 2.76. The third-order valence-electron chi connectivity index (χ3n) is 5.20. The van der Waals surface area contributed by atoms with Crippen molar-refractivity contribution < 1.29 is 4.74 Å². The maximum absolute atomic E-state index is 5.71. The van der Waals surface area contributed by atoms with Gasteiger partial charge in [-0.15, -0.1) is 0 Å². The van der Waals surface area contributed by atoms with Gasteiger partial charge in [-0.25, -0.2) is 0 Å². The van der Waals surface area contributed by atoms with Gasteiger partial charge in [-0.2, -0.15) is 0 Å². The first-order valence-corrected chi connectivity index (χ1v) is 11.1. The lowest BCUT2D eigenvalue weighted by molar-refractivity contribution is 0.309. The van der Waals surface area contributed by atoms with Crippen molar-refractivity contribution in [3.05, 3.63) is 77.4 Å². The quantitative estimate of drug-likeness (QED) is 0.273. The molecule has 0 saturated carbocycles. The van der Waals surface area contributed by atoms with Crippen LogP contribution in [0.15, 0.2) is 60.7 Å². The Hall–Kier alpha value is -2.72. The van der Waals surface area contributed by atoms with Crippen LogP contribution in [0.2, 0.25) is 0 Å². The summed E-state index contributed by atoms with van der Waals surface area (Å²) in [6.07, 6.45) is 8.65. The molecule has 0 amide bonds. The van der Waals surface area contributed by atoms with Crippen LogP contribution in [0.1, 0.15) is 69.1 Å². The van der Waals surface area contributed by atoms with E-state index in [0.29, 0.717) is 0 Å². The molecule has 0 aliphatic heterocycles. The Morgan fingerprint density at radius 3 is 2.14 bits per heavy atom. The van der Waals surface area contributed by atoms with Crippen molar-refractivity contribution in [2.45, 2.75) is 58.8 Å². The fourth-order valence-electron chi connectivity index (χ4n) is 3.40. The number of rotatable bonds is 9. The van der Waals surface area contributed by atoms with Gasteiger partial charge in [0.15, 0.2) is 0 Å². The van der Waals surface area contributed by atoms with E-state index in [9.17, 15) is 0 Å². The SMILES string of the molecule is CCCCCCc1ccc2cc(C#Cc3ccc(OCCCC)cc3)ccc2c1. The molecule has 3 aromatic rings. The average molecular weight is 385 g/mol. The van der Waals surface area contributed by atoms with E-state index in [1.807, 2.05) is 24.3 Å². The van der Waals surface area contributed by atoms with E-state index in [2.05, 4.69) is 62.1 Å². The van der Waals surface area contributed by atoms with Crippen LogP contribution in [0.4, 0.5) is 0 Å². The highest BCUT2D eigenvalue weighted by Gasteiger charge is 1.99. The number of hydrogen-bond acceptors (Lipinski definition) is 1. The van der Waals surface area contributed by atoms with Gasteiger partial charge in [-0.05, 0) is 72.0 Å². The molecule has 1 heteroatoms. The molecule has 29 heavy (non-hydrogen) atoms. The fraction of sp³-hybridized carbons (Fsp3) is 0.357. The van der Waals surface area contributed by atoms with Gasteiger partial charge in [0.25, 0.3) is 0 Å². The second kappa shape index (κ2) is 11.3. The summed E-state index contributed by atoms with van der Waals surface area (Å²) in [5.74, 6) is 7.48. The van der Waals surface area contributed by atoms with Gasteiger partial charge >= 0.3 is 0 Å². The van der Waals surface area contributed by atoms with Crippen LogP contribution in [0.25, 0.3) is 10.8 Å². The Kier molecular flexibility index (Phi) is 8.20. The summed E-state index contributed by atoms with van der Waals surface area (Å²) in [7, 11) is 0. The Bertz CT molecular complexity index is 957. The second-order valence-electron chi connectivity index (χ2n) is 7.68. The molecule has 0 fully saturated rings. The highest BCUT2D eigenvalue weighted by molar-refractivity contribution is 5.84. The lowest BCUT2D eigenvalue weighted by atomic mass is 10.0. The predicted octanol–water partition coefficient (Wildman–Crippen LogP) is 7.54. The summed E-state index contributed by atoms with van der Waals surface area (Å²) >= 11 is 0. The van der Waals surface area contributed by atoms with Crippen molar-refractivity contribution in [3.8, 4) is 17.6 Å². The van der Waals surface area contributed by atoms with E-state index in [4.69, 9.17) is 4.74 Å². The highest BCUT2D eigenvalue weighted by Crippen LogP contribution is 2.19. The normalized spacial score (nSPS) is 10.6. The van der Waals surface area contributed by atoms with Crippen molar-refractivity contribution in [1.29, 1.82) is 0 Å². The predicted molar refractivity (Wildman–Crippen MR) is 125 cm³/mol. The summed E-state index contributed by atoms with van der Waals surface area (Å²) in [6, 6.07) is 21.4. The van der Waals surface area contributed by atoms with Gasteiger partial charge in [0.2, 0.25) is 0 Å². The molecule has 1 nitrogen and oxygen atoms in total. The van der Waals surface area contributed by atoms with Crippen molar-refractivity contribution >= 4 is 10.8 Å². The first-order chi connectivity index (χ1) is 14.3. The molecule has 150 valence electrons. The van der Waals surface area contributed by atoms with Crippen molar-refractivity contribution in [2.75, 3.05) is 6.61 Å². The fourth-order valence-corrected chi connectivity index (χ4v) is 3.40. The minimum atomic E-state index is 0.777. The zero-order valence-electron chi connectivity index (χ0n) is 17.8. The summed E-state index contributed by atoms with van der Waals surface area (Å²) in [5.41, 5.74) is 3.50. The van der Waals surface area contributed by atoms with Gasteiger partial charge in [-0.1, -0.05) is 75.6 Å². The van der Waals surface area contributed by atoms with E-state index in [0.717, 1.165) is 36.3 Å². The lowest BCUT2D eigenvalue weighted by Gasteiger charge is -2.05. The molecule has 0 saturated heterocycles. The van der Waals surface area contributed by atoms with Gasteiger partial charge in [0, 0.05) is 11.1 Å². The Labute approximate surface area is 176 Å². The van der Waals surface area contributed by atoms with E-state index < -0.39 is 0 Å². The Balaban J connectivity index is 1.63. The number of hydrogen-bond donors (Lipinski definition) is 0. The zero-order valence-corrected chi connectivity index (χ0v) is 17.8. The Morgan fingerprint density at radius 2 is 1.34 bits per heavy atom. The summed E-state index contributed by atoms with van der Waals surface area (Å²) < 4.78 is 5.71. The van der Waals surface area contributed by atoms with Crippen LogP contribution < -0.4 is 4.74 Å². The van der Waals surface area contributed by atoms with Crippen LogP contribution >= 0.6 is 0 Å². The first-order valence-electron chi connectivity index (χ1n) is 11.1. The topological polar surface area (TPSA) is 9.23 Å². The summed E-state index contributed by atoms with van der Waals surface area (Å²) in [6.45, 7) is 5.20. The third kappa shape index (κ3) is 6.68. The Morgan fingerprint density at radius 1 is 0.655 bits per heavy atom. The van der Waals surface area contributed by atoms with Crippen molar-refractivity contribution in [2.24, 2.45) is 0 Å². The maximum Gasteiger partial charge on any atom is 0.119 e. The smallest absolute Gasteiger partial charge is 0.119 e. The molecule has 0 N–H and O–H groups in total. The lowest BCUT2D eigenvalue weighted by Crippen LogP contribution is -1.95. The molecule has 0 bridgehead atoms. The van der Waals surface area contributed by atoms with E-state index in [-0.39, 0.29) is 0 Å². The minimum Gasteiger partial charge on any atom is -0.494 e. The zero-order chi connectivity index (χ0) is 20.3. The van der Waals surface area contributed by atoms with Crippen molar-refractivity contribution in [1.82, 2.24) is 0 Å². The molecule has 0 unspecified atom stereocenters. The van der Waals surface area contributed by atoms with Crippen LogP contribution in [-0.2, 0) is 6.42 Å². The van der Waals surface area contributed by atoms with Gasteiger partial charge < -0.3 is 4.74 Å². The summed E-state index contributed by atoms with van der Waals surface area (Å²) in [4.78, 5) is 0. The van der Waals surface area contributed by atoms with Crippen LogP contribution in [-0.4, -0.2) is 6.61 Å². The molecule has 0 heterocycles. The number of benzene rings is 3. The van der Waals surface area contributed by atoms with Gasteiger partial charge in [-0.3, -0.25) is 0 Å². The van der Waals surface area contributed by atoms with E-state index in [1.54, 1.807) is 0 Å². The first kappa shape index (κ1) is 21.0. The van der Waals surface area contributed by atoms with Crippen LogP contribution in [0.3, 0.4) is 0 Å². The molecule has 3 rings (SSSR count). The summed E-state index contributed by atoms with van der Waals surface area (Å²) in [5, 5.41) is 2.56. The molecule has 0 atom stereocenters. The highest BCUT2D eigenvalue weighted by atomic mass is 16.5. The number of aryl methyl sites for hydroxylation is 1. The monoisotopic (exact) mass is 384 g/mol. The molecule has 0 aliphatic rings. The van der Waals surface area contributed by atoms with Gasteiger partial charge in [0.1, 0.15) is 5.75 Å². The molecule has 0 radical (unpaired) electrons.